The SMILES string of the molecule is O=C(CSc1ccc(=O)[nH]n1)NCC1CN(Cc2ccc(Cl)c(Cl)c2)CCO1. The van der Waals surface area contributed by atoms with Crippen molar-refractivity contribution >= 4 is 40.9 Å². The summed E-state index contributed by atoms with van der Waals surface area (Å²) in [5, 5.41) is 10.8. The van der Waals surface area contributed by atoms with E-state index in [0.29, 0.717) is 28.2 Å². The summed E-state index contributed by atoms with van der Waals surface area (Å²) in [6.07, 6.45) is -0.0725. The number of nitrogens with one attached hydrogen (secondary N) is 2. The molecule has 1 aromatic heterocycles. The van der Waals surface area contributed by atoms with Crippen molar-refractivity contribution in [3.8, 4) is 0 Å². The van der Waals surface area contributed by atoms with Crippen molar-refractivity contribution in [3.05, 3.63) is 56.3 Å². The van der Waals surface area contributed by atoms with Crippen LogP contribution in [-0.2, 0) is 16.1 Å². The van der Waals surface area contributed by atoms with Crippen LogP contribution in [0.4, 0.5) is 0 Å². The zero-order chi connectivity index (χ0) is 19.9. The van der Waals surface area contributed by atoms with Gasteiger partial charge in [-0.05, 0) is 23.8 Å². The lowest BCUT2D eigenvalue weighted by Gasteiger charge is -2.33. The molecule has 150 valence electrons. The van der Waals surface area contributed by atoms with Gasteiger partial charge in [0.1, 0.15) is 5.03 Å². The van der Waals surface area contributed by atoms with Crippen LogP contribution >= 0.6 is 35.0 Å². The normalized spacial score (nSPS) is 17.4. The molecule has 1 unspecified atom stereocenters. The first-order valence-corrected chi connectivity index (χ1v) is 10.5. The van der Waals surface area contributed by atoms with Gasteiger partial charge in [-0.25, -0.2) is 5.10 Å². The summed E-state index contributed by atoms with van der Waals surface area (Å²) in [7, 11) is 0. The number of ether oxygens (including phenoxy) is 1. The molecule has 28 heavy (non-hydrogen) atoms. The molecule has 10 heteroatoms. The first-order chi connectivity index (χ1) is 13.5. The molecule has 1 atom stereocenters. The summed E-state index contributed by atoms with van der Waals surface area (Å²) in [5.74, 6) is 0.113. The topological polar surface area (TPSA) is 87.3 Å². The number of halogens is 2. The van der Waals surface area contributed by atoms with Gasteiger partial charge in [0.05, 0.1) is 28.5 Å². The Labute approximate surface area is 176 Å². The minimum Gasteiger partial charge on any atom is -0.374 e. The van der Waals surface area contributed by atoms with Crippen LogP contribution in [0, 0.1) is 0 Å². The van der Waals surface area contributed by atoms with Crippen LogP contribution in [0.3, 0.4) is 0 Å². The summed E-state index contributed by atoms with van der Waals surface area (Å²) < 4.78 is 5.75. The van der Waals surface area contributed by atoms with Gasteiger partial charge in [-0.1, -0.05) is 41.0 Å². The molecule has 0 saturated carbocycles. The van der Waals surface area contributed by atoms with E-state index in [1.54, 1.807) is 12.1 Å². The molecule has 1 aliphatic heterocycles. The van der Waals surface area contributed by atoms with Gasteiger partial charge in [-0.2, -0.15) is 5.10 Å². The number of aromatic amines is 1. The van der Waals surface area contributed by atoms with Crippen molar-refractivity contribution < 1.29 is 9.53 Å². The van der Waals surface area contributed by atoms with Crippen molar-refractivity contribution in [3.63, 3.8) is 0 Å². The van der Waals surface area contributed by atoms with Crippen molar-refractivity contribution in [2.24, 2.45) is 0 Å². The Bertz CT molecular complexity index is 860. The molecule has 1 aromatic carbocycles. The van der Waals surface area contributed by atoms with Crippen LogP contribution in [0.2, 0.25) is 10.0 Å². The van der Waals surface area contributed by atoms with Gasteiger partial charge in [0.25, 0.3) is 5.56 Å². The van der Waals surface area contributed by atoms with E-state index in [-0.39, 0.29) is 23.3 Å². The molecule has 1 saturated heterocycles. The zero-order valence-electron chi connectivity index (χ0n) is 15.0. The number of morpholine rings is 1. The molecule has 0 aliphatic carbocycles. The maximum atomic E-state index is 12.0. The third-order valence-corrected chi connectivity index (χ3v) is 5.81. The number of hydrogen-bond donors (Lipinski definition) is 2. The fourth-order valence-electron chi connectivity index (χ4n) is 2.77. The number of carbonyl (C=O) groups excluding carboxylic acids is 1. The average Bonchev–Trinajstić information content (AvgIpc) is 2.69. The molecule has 1 fully saturated rings. The Morgan fingerprint density at radius 2 is 2.18 bits per heavy atom. The summed E-state index contributed by atoms with van der Waals surface area (Å²) in [5.41, 5.74) is 0.817. The smallest absolute Gasteiger partial charge is 0.264 e. The standard InChI is InChI=1S/C18H20Cl2N4O3S/c19-14-2-1-12(7-15(14)20)9-24-5-6-27-13(10-24)8-21-17(26)11-28-18-4-3-16(25)22-23-18/h1-4,7,13H,5-6,8-11H2,(H,21,26)(H,22,25). The monoisotopic (exact) mass is 442 g/mol. The van der Waals surface area contributed by atoms with Gasteiger partial charge < -0.3 is 10.1 Å². The van der Waals surface area contributed by atoms with Gasteiger partial charge in [-0.15, -0.1) is 0 Å². The Balaban J connectivity index is 1.41. The minimum atomic E-state index is -0.270. The second-order valence-corrected chi connectivity index (χ2v) is 8.14. The highest BCUT2D eigenvalue weighted by Gasteiger charge is 2.21. The summed E-state index contributed by atoms with van der Waals surface area (Å²) >= 11 is 13.3. The fourth-order valence-corrected chi connectivity index (χ4v) is 3.75. The number of thioether (sulfide) groups is 1. The number of amides is 1. The number of carbonyl (C=O) groups is 1. The minimum absolute atomic E-state index is 0.0725. The van der Waals surface area contributed by atoms with E-state index >= 15 is 0 Å². The molecule has 3 rings (SSSR count). The molecule has 0 bridgehead atoms. The predicted molar refractivity (Wildman–Crippen MR) is 110 cm³/mol. The molecule has 7 nitrogen and oxygen atoms in total. The molecule has 1 amide bonds. The van der Waals surface area contributed by atoms with Crippen molar-refractivity contribution in [2.45, 2.75) is 17.7 Å². The van der Waals surface area contributed by atoms with Crippen LogP contribution in [0.1, 0.15) is 5.56 Å². The summed E-state index contributed by atoms with van der Waals surface area (Å²) in [6, 6.07) is 8.60. The average molecular weight is 443 g/mol. The van der Waals surface area contributed by atoms with E-state index in [1.165, 1.54) is 17.8 Å². The molecule has 2 heterocycles. The van der Waals surface area contributed by atoms with E-state index in [4.69, 9.17) is 27.9 Å². The fraction of sp³-hybridized carbons (Fsp3) is 0.389. The van der Waals surface area contributed by atoms with Gasteiger partial charge in [-0.3, -0.25) is 14.5 Å². The Kier molecular flexibility index (Phi) is 7.75. The lowest BCUT2D eigenvalue weighted by molar-refractivity contribution is -0.119. The summed E-state index contributed by atoms with van der Waals surface area (Å²) in [6.45, 7) is 3.33. The van der Waals surface area contributed by atoms with Gasteiger partial charge in [0, 0.05) is 32.2 Å². The number of benzene rings is 1. The third-order valence-electron chi connectivity index (χ3n) is 4.14. The molecule has 1 aliphatic rings. The molecule has 2 aromatic rings. The maximum Gasteiger partial charge on any atom is 0.264 e. The lowest BCUT2D eigenvalue weighted by Crippen LogP contribution is -2.47. The third kappa shape index (κ3) is 6.49. The Morgan fingerprint density at radius 1 is 1.32 bits per heavy atom. The van der Waals surface area contributed by atoms with Crippen LogP contribution in [0.15, 0.2) is 40.2 Å². The van der Waals surface area contributed by atoms with Gasteiger partial charge in [0.15, 0.2) is 0 Å². The van der Waals surface area contributed by atoms with Crippen molar-refractivity contribution in [2.75, 3.05) is 32.0 Å². The highest BCUT2D eigenvalue weighted by Crippen LogP contribution is 2.23. The highest BCUT2D eigenvalue weighted by molar-refractivity contribution is 7.99. The first-order valence-electron chi connectivity index (χ1n) is 8.73. The number of aromatic nitrogens is 2. The maximum absolute atomic E-state index is 12.0. The number of H-pyrrole nitrogens is 1. The lowest BCUT2D eigenvalue weighted by atomic mass is 10.2. The summed E-state index contributed by atoms with van der Waals surface area (Å²) in [4.78, 5) is 25.3. The predicted octanol–water partition coefficient (Wildman–Crippen LogP) is 2.19. The molecular weight excluding hydrogens is 423 g/mol. The van der Waals surface area contributed by atoms with Crippen molar-refractivity contribution in [1.82, 2.24) is 20.4 Å². The van der Waals surface area contributed by atoms with Crippen LogP contribution in [0.5, 0.6) is 0 Å². The van der Waals surface area contributed by atoms with E-state index in [1.807, 2.05) is 12.1 Å². The van der Waals surface area contributed by atoms with Gasteiger partial charge >= 0.3 is 0 Å². The largest absolute Gasteiger partial charge is 0.374 e. The first kappa shape index (κ1) is 21.1. The Morgan fingerprint density at radius 3 is 2.93 bits per heavy atom. The number of rotatable bonds is 7. The van der Waals surface area contributed by atoms with E-state index in [2.05, 4.69) is 20.4 Å². The van der Waals surface area contributed by atoms with Crippen LogP contribution in [0.25, 0.3) is 0 Å². The molecule has 2 N–H and O–H groups in total. The number of nitrogens with zero attached hydrogens (tertiary/aromatic N) is 2. The second-order valence-electron chi connectivity index (χ2n) is 6.33. The van der Waals surface area contributed by atoms with E-state index < -0.39 is 0 Å². The quantitative estimate of drug-likeness (QED) is 0.638. The van der Waals surface area contributed by atoms with E-state index in [9.17, 15) is 9.59 Å². The number of hydrogen-bond acceptors (Lipinski definition) is 6. The molecular formula is C18H20Cl2N4O3S. The van der Waals surface area contributed by atoms with Crippen molar-refractivity contribution in [1.29, 1.82) is 0 Å². The second kappa shape index (κ2) is 10.3. The Hall–Kier alpha value is -1.58. The van der Waals surface area contributed by atoms with Crippen LogP contribution < -0.4 is 10.9 Å². The highest BCUT2D eigenvalue weighted by atomic mass is 35.5. The molecule has 0 radical (unpaired) electrons. The van der Waals surface area contributed by atoms with E-state index in [0.717, 1.165) is 25.2 Å². The molecule has 0 spiro atoms. The van der Waals surface area contributed by atoms with Gasteiger partial charge in [0.2, 0.25) is 5.91 Å². The van der Waals surface area contributed by atoms with Crippen LogP contribution in [-0.4, -0.2) is 59.1 Å². The zero-order valence-corrected chi connectivity index (χ0v) is 17.3.